The first-order valence-electron chi connectivity index (χ1n) is 5.37. The topological polar surface area (TPSA) is 3.24 Å². The van der Waals surface area contributed by atoms with Crippen LogP contribution in [0.15, 0.2) is 66.9 Å². The molecule has 16 heavy (non-hydrogen) atoms. The third kappa shape index (κ3) is 2.74. The molecule has 2 aromatic carbocycles. The molecule has 0 spiro atoms. The van der Waals surface area contributed by atoms with Gasteiger partial charge in [-0.3, -0.25) is 0 Å². The average molecular weight is 209 g/mol. The molecule has 0 unspecified atom stereocenters. The van der Waals surface area contributed by atoms with Gasteiger partial charge in [-0.05, 0) is 23.8 Å². The SMILES string of the molecule is CN(/C=C/c1ccccc1)c1ccccc1. The summed E-state index contributed by atoms with van der Waals surface area (Å²) in [5.41, 5.74) is 2.40. The Labute approximate surface area is 96.7 Å². The molecular formula is C15H15N. The van der Waals surface area contributed by atoms with Crippen LogP contribution in [0.25, 0.3) is 6.08 Å². The van der Waals surface area contributed by atoms with Crippen LogP contribution in [0.3, 0.4) is 0 Å². The molecule has 0 saturated heterocycles. The van der Waals surface area contributed by atoms with Crippen molar-refractivity contribution in [1.82, 2.24) is 0 Å². The van der Waals surface area contributed by atoms with E-state index >= 15 is 0 Å². The van der Waals surface area contributed by atoms with Gasteiger partial charge in [-0.15, -0.1) is 0 Å². The van der Waals surface area contributed by atoms with E-state index in [2.05, 4.69) is 48.5 Å². The fraction of sp³-hybridized carbons (Fsp3) is 0.0667. The first-order chi connectivity index (χ1) is 7.86. The van der Waals surface area contributed by atoms with Crippen molar-refractivity contribution in [2.24, 2.45) is 0 Å². The Hall–Kier alpha value is -2.02. The Morgan fingerprint density at radius 2 is 1.38 bits per heavy atom. The van der Waals surface area contributed by atoms with Crippen molar-refractivity contribution in [3.63, 3.8) is 0 Å². The summed E-state index contributed by atoms with van der Waals surface area (Å²) in [5.74, 6) is 0. The van der Waals surface area contributed by atoms with Gasteiger partial charge in [-0.25, -0.2) is 0 Å². The van der Waals surface area contributed by atoms with E-state index in [9.17, 15) is 0 Å². The first kappa shape index (κ1) is 10.5. The molecule has 0 bridgehead atoms. The Bertz CT molecular complexity index is 445. The van der Waals surface area contributed by atoms with Gasteiger partial charge in [0.2, 0.25) is 0 Å². The molecule has 0 amide bonds. The van der Waals surface area contributed by atoms with Gasteiger partial charge >= 0.3 is 0 Å². The highest BCUT2D eigenvalue weighted by molar-refractivity contribution is 5.56. The van der Waals surface area contributed by atoms with Gasteiger partial charge in [0, 0.05) is 18.9 Å². The smallest absolute Gasteiger partial charge is 0.0403 e. The van der Waals surface area contributed by atoms with Crippen molar-refractivity contribution in [2.75, 3.05) is 11.9 Å². The molecule has 1 nitrogen and oxygen atoms in total. The number of rotatable bonds is 3. The number of benzene rings is 2. The van der Waals surface area contributed by atoms with Crippen molar-refractivity contribution in [2.45, 2.75) is 0 Å². The number of hydrogen-bond acceptors (Lipinski definition) is 1. The molecule has 0 aliphatic heterocycles. The number of nitrogens with zero attached hydrogens (tertiary/aromatic N) is 1. The molecule has 0 fully saturated rings. The molecule has 0 atom stereocenters. The quantitative estimate of drug-likeness (QED) is 0.743. The minimum absolute atomic E-state index is 1.19. The van der Waals surface area contributed by atoms with Gasteiger partial charge in [-0.1, -0.05) is 48.5 Å². The van der Waals surface area contributed by atoms with Gasteiger partial charge in [0.1, 0.15) is 0 Å². The standard InChI is InChI=1S/C15H15N/c1-16(15-10-6-3-7-11-15)13-12-14-8-4-2-5-9-14/h2-13H,1H3/b13-12+. The summed E-state index contributed by atoms with van der Waals surface area (Å²) in [6.45, 7) is 0. The predicted molar refractivity (Wildman–Crippen MR) is 70.3 cm³/mol. The van der Waals surface area contributed by atoms with Gasteiger partial charge in [0.15, 0.2) is 0 Å². The normalized spacial score (nSPS) is 10.6. The van der Waals surface area contributed by atoms with Crippen LogP contribution in [0.5, 0.6) is 0 Å². The van der Waals surface area contributed by atoms with Crippen LogP contribution in [0.4, 0.5) is 5.69 Å². The van der Waals surface area contributed by atoms with Crippen molar-refractivity contribution in [1.29, 1.82) is 0 Å². The maximum absolute atomic E-state index is 2.10. The average Bonchev–Trinajstić information content (AvgIpc) is 2.38. The first-order valence-corrected chi connectivity index (χ1v) is 5.37. The lowest BCUT2D eigenvalue weighted by molar-refractivity contribution is 1.21. The summed E-state index contributed by atoms with van der Waals surface area (Å²) in [4.78, 5) is 2.10. The highest BCUT2D eigenvalue weighted by atomic mass is 15.1. The molecule has 0 aromatic heterocycles. The third-order valence-electron chi connectivity index (χ3n) is 2.45. The molecule has 2 rings (SSSR count). The van der Waals surface area contributed by atoms with Crippen LogP contribution >= 0.6 is 0 Å². The number of anilines is 1. The van der Waals surface area contributed by atoms with Crippen LogP contribution in [0.1, 0.15) is 5.56 Å². The van der Waals surface area contributed by atoms with E-state index in [1.807, 2.05) is 36.4 Å². The van der Waals surface area contributed by atoms with E-state index < -0.39 is 0 Å². The van der Waals surface area contributed by atoms with Gasteiger partial charge < -0.3 is 4.90 Å². The fourth-order valence-corrected chi connectivity index (χ4v) is 1.51. The summed E-state index contributed by atoms with van der Waals surface area (Å²) < 4.78 is 0. The van der Waals surface area contributed by atoms with E-state index in [0.717, 1.165) is 0 Å². The number of para-hydroxylation sites is 1. The van der Waals surface area contributed by atoms with E-state index in [-0.39, 0.29) is 0 Å². The molecule has 0 N–H and O–H groups in total. The lowest BCUT2D eigenvalue weighted by atomic mass is 10.2. The minimum atomic E-state index is 1.19. The molecule has 0 radical (unpaired) electrons. The van der Waals surface area contributed by atoms with E-state index in [4.69, 9.17) is 0 Å². The van der Waals surface area contributed by atoms with Gasteiger partial charge in [-0.2, -0.15) is 0 Å². The molecule has 0 heterocycles. The second kappa shape index (κ2) is 5.17. The van der Waals surface area contributed by atoms with Gasteiger partial charge in [0.05, 0.1) is 0 Å². The molecule has 80 valence electrons. The molecule has 0 aliphatic carbocycles. The van der Waals surface area contributed by atoms with Crippen LogP contribution in [0, 0.1) is 0 Å². The van der Waals surface area contributed by atoms with Crippen molar-refractivity contribution in [3.8, 4) is 0 Å². The summed E-state index contributed by atoms with van der Waals surface area (Å²) >= 11 is 0. The Morgan fingerprint density at radius 3 is 2.00 bits per heavy atom. The second-order valence-corrected chi connectivity index (χ2v) is 3.67. The predicted octanol–water partition coefficient (Wildman–Crippen LogP) is 3.79. The second-order valence-electron chi connectivity index (χ2n) is 3.67. The van der Waals surface area contributed by atoms with Crippen LogP contribution < -0.4 is 4.90 Å². The lowest BCUT2D eigenvalue weighted by Gasteiger charge is -2.13. The maximum Gasteiger partial charge on any atom is 0.0403 e. The third-order valence-corrected chi connectivity index (χ3v) is 2.45. The van der Waals surface area contributed by atoms with E-state index in [1.165, 1.54) is 11.3 Å². The Kier molecular flexibility index (Phi) is 3.39. The summed E-state index contributed by atoms with van der Waals surface area (Å²) in [6, 6.07) is 20.6. The number of hydrogen-bond donors (Lipinski definition) is 0. The minimum Gasteiger partial charge on any atom is -0.351 e. The van der Waals surface area contributed by atoms with Crippen molar-refractivity contribution >= 4 is 11.8 Å². The molecule has 0 aliphatic rings. The zero-order chi connectivity index (χ0) is 11.2. The van der Waals surface area contributed by atoms with Crippen molar-refractivity contribution < 1.29 is 0 Å². The zero-order valence-corrected chi connectivity index (χ0v) is 9.38. The lowest BCUT2D eigenvalue weighted by Crippen LogP contribution is -2.06. The highest BCUT2D eigenvalue weighted by Crippen LogP contribution is 2.12. The molecule has 1 heteroatoms. The van der Waals surface area contributed by atoms with Gasteiger partial charge in [0.25, 0.3) is 0 Å². The summed E-state index contributed by atoms with van der Waals surface area (Å²) in [5, 5.41) is 0. The van der Waals surface area contributed by atoms with Crippen LogP contribution in [-0.2, 0) is 0 Å². The van der Waals surface area contributed by atoms with Crippen LogP contribution in [-0.4, -0.2) is 7.05 Å². The van der Waals surface area contributed by atoms with E-state index in [0.29, 0.717) is 0 Å². The largest absolute Gasteiger partial charge is 0.351 e. The zero-order valence-electron chi connectivity index (χ0n) is 9.38. The van der Waals surface area contributed by atoms with E-state index in [1.54, 1.807) is 0 Å². The van der Waals surface area contributed by atoms with Crippen molar-refractivity contribution in [3.05, 3.63) is 72.4 Å². The molecular weight excluding hydrogens is 194 g/mol. The summed E-state index contributed by atoms with van der Waals surface area (Å²) in [7, 11) is 2.05. The monoisotopic (exact) mass is 209 g/mol. The Balaban J connectivity index is 2.08. The van der Waals surface area contributed by atoms with Crippen LogP contribution in [0.2, 0.25) is 0 Å². The molecule has 2 aromatic rings. The molecule has 0 saturated carbocycles. The Morgan fingerprint density at radius 1 is 0.812 bits per heavy atom. The highest BCUT2D eigenvalue weighted by Gasteiger charge is 1.93. The maximum atomic E-state index is 2.10. The fourth-order valence-electron chi connectivity index (χ4n) is 1.51. The summed E-state index contributed by atoms with van der Waals surface area (Å²) in [6.07, 6.45) is 4.18.